The Balaban J connectivity index is 1.11. The van der Waals surface area contributed by atoms with E-state index in [1.54, 1.807) is 0 Å². The Morgan fingerprint density at radius 3 is 1.45 bits per heavy atom. The van der Waals surface area contributed by atoms with Gasteiger partial charge in [-0.15, -0.1) is 0 Å². The summed E-state index contributed by atoms with van der Waals surface area (Å²) in [5.41, 5.74) is 8.45. The molecule has 0 aromatic heterocycles. The molecule has 4 fully saturated rings. The Morgan fingerprint density at radius 1 is 0.595 bits per heavy atom. The van der Waals surface area contributed by atoms with Crippen molar-refractivity contribution in [3.63, 3.8) is 0 Å². The van der Waals surface area contributed by atoms with Gasteiger partial charge in [0.15, 0.2) is 0 Å². The van der Waals surface area contributed by atoms with Gasteiger partial charge in [-0.2, -0.15) is 0 Å². The summed E-state index contributed by atoms with van der Waals surface area (Å²) in [6.07, 6.45) is 14.5. The van der Waals surface area contributed by atoms with Gasteiger partial charge in [0.05, 0.1) is 12.2 Å². The lowest BCUT2D eigenvalue weighted by atomic mass is 9.54. The quantitative estimate of drug-likeness (QED) is 0.312. The van der Waals surface area contributed by atoms with Crippen molar-refractivity contribution in [2.45, 2.75) is 128 Å². The predicted molar refractivity (Wildman–Crippen MR) is 165 cm³/mol. The molecule has 0 aliphatic heterocycles. The molecule has 0 radical (unpaired) electrons. The number of aryl methyl sites for hydroxylation is 4. The van der Waals surface area contributed by atoms with Crippen LogP contribution in [0.5, 0.6) is 11.5 Å². The van der Waals surface area contributed by atoms with Gasteiger partial charge in [-0.1, -0.05) is 13.8 Å². The second kappa shape index (κ2) is 9.73. The lowest BCUT2D eigenvalue weighted by molar-refractivity contribution is -0.0228. The number of aliphatic hydroxyl groups excluding tert-OH is 2. The van der Waals surface area contributed by atoms with Gasteiger partial charge in [0.1, 0.15) is 11.5 Å². The normalized spacial score (nSPS) is 41.7. The molecule has 0 amide bonds. The van der Waals surface area contributed by atoms with Crippen LogP contribution < -0.4 is 0 Å². The van der Waals surface area contributed by atoms with E-state index in [1.165, 1.54) is 46.2 Å². The predicted octanol–water partition coefficient (Wildman–Crippen LogP) is 7.32. The van der Waals surface area contributed by atoms with Gasteiger partial charge in [0.2, 0.25) is 0 Å². The van der Waals surface area contributed by atoms with Crippen molar-refractivity contribution in [3.05, 3.63) is 57.6 Å². The second-order valence-corrected chi connectivity index (χ2v) is 16.0. The molecular formula is C38H50O4. The number of benzene rings is 2. The number of phenols is 2. The first-order valence-electron chi connectivity index (χ1n) is 17.2. The topological polar surface area (TPSA) is 80.9 Å². The largest absolute Gasteiger partial charge is 0.508 e. The second-order valence-electron chi connectivity index (χ2n) is 16.0. The highest BCUT2D eigenvalue weighted by atomic mass is 16.3. The summed E-state index contributed by atoms with van der Waals surface area (Å²) < 4.78 is 0. The van der Waals surface area contributed by atoms with Crippen LogP contribution in [0, 0.1) is 34.5 Å². The van der Waals surface area contributed by atoms with Crippen molar-refractivity contribution >= 4 is 0 Å². The third-order valence-corrected chi connectivity index (χ3v) is 14.3. The molecule has 42 heavy (non-hydrogen) atoms. The molecule has 4 N–H and O–H groups in total. The monoisotopic (exact) mass is 570 g/mol. The van der Waals surface area contributed by atoms with Crippen LogP contribution in [0.15, 0.2) is 24.3 Å². The van der Waals surface area contributed by atoms with Gasteiger partial charge < -0.3 is 20.4 Å². The molecule has 6 aliphatic carbocycles. The zero-order valence-corrected chi connectivity index (χ0v) is 25.6. The highest BCUT2D eigenvalue weighted by molar-refractivity contribution is 5.49. The number of hydrogen-bond acceptors (Lipinski definition) is 4. The molecule has 0 heterocycles. The Hall–Kier alpha value is -2.04. The molecule has 10 atom stereocenters. The minimum Gasteiger partial charge on any atom is -0.508 e. The van der Waals surface area contributed by atoms with Crippen molar-refractivity contribution in [1.82, 2.24) is 0 Å². The van der Waals surface area contributed by atoms with Crippen LogP contribution in [0.25, 0.3) is 0 Å². The zero-order chi connectivity index (χ0) is 29.0. The van der Waals surface area contributed by atoms with Gasteiger partial charge in [-0.3, -0.25) is 0 Å². The van der Waals surface area contributed by atoms with Crippen molar-refractivity contribution in [2.24, 2.45) is 34.5 Å². The first-order chi connectivity index (χ1) is 20.2. The first-order valence-corrected chi connectivity index (χ1v) is 17.2. The van der Waals surface area contributed by atoms with Crippen molar-refractivity contribution in [2.75, 3.05) is 0 Å². The van der Waals surface area contributed by atoms with Crippen molar-refractivity contribution in [3.8, 4) is 11.5 Å². The summed E-state index contributed by atoms with van der Waals surface area (Å²) in [6, 6.07) is 8.15. The van der Waals surface area contributed by atoms with Crippen LogP contribution in [-0.4, -0.2) is 32.6 Å². The molecule has 4 heteroatoms. The van der Waals surface area contributed by atoms with E-state index in [9.17, 15) is 20.4 Å². The van der Waals surface area contributed by atoms with Crippen LogP contribution in [0.2, 0.25) is 0 Å². The highest BCUT2D eigenvalue weighted by Crippen LogP contribution is 2.63. The van der Waals surface area contributed by atoms with E-state index in [1.807, 2.05) is 24.3 Å². The molecule has 226 valence electrons. The summed E-state index contributed by atoms with van der Waals surface area (Å²) in [6.45, 7) is 4.69. The fraction of sp³-hybridized carbons (Fsp3) is 0.684. The van der Waals surface area contributed by atoms with E-state index >= 15 is 0 Å². The van der Waals surface area contributed by atoms with Gasteiger partial charge in [-0.25, -0.2) is 0 Å². The molecule has 8 rings (SSSR count). The van der Waals surface area contributed by atoms with E-state index in [0.29, 0.717) is 47.0 Å². The molecule has 2 aromatic rings. The molecule has 4 saturated carbocycles. The summed E-state index contributed by atoms with van der Waals surface area (Å²) in [4.78, 5) is 0. The van der Waals surface area contributed by atoms with Crippen LogP contribution in [0.1, 0.15) is 123 Å². The number of rotatable bonds is 3. The molecule has 2 aromatic carbocycles. The molecule has 4 nitrogen and oxygen atoms in total. The maximum Gasteiger partial charge on any atom is 0.116 e. The standard InChI is InChI=1S/C38H50O4/c1-37-15-13-29-27(31(37)9-11-33(37)41)7-5-23-19-25(39)17-21(35(23)29)3-4-22-18-26(40)20-24-6-8-28-30(36(22)24)14-16-38(2)32(28)10-12-34(38)42/h17-20,27-34,39-42H,3-16H2,1-2H3/t27-,28-,29+,30+,31+,32+,33+,34+,37+,38+/m1/s1. The van der Waals surface area contributed by atoms with Crippen molar-refractivity contribution < 1.29 is 20.4 Å². The Morgan fingerprint density at radius 2 is 1.02 bits per heavy atom. The third kappa shape index (κ3) is 3.92. The van der Waals surface area contributed by atoms with E-state index in [2.05, 4.69) is 13.8 Å². The molecule has 0 bridgehead atoms. The van der Waals surface area contributed by atoms with E-state index < -0.39 is 0 Å². The van der Waals surface area contributed by atoms with E-state index in [4.69, 9.17) is 0 Å². The summed E-state index contributed by atoms with van der Waals surface area (Å²) in [5.74, 6) is 4.30. The minimum absolute atomic E-state index is 0.0678. The average Bonchev–Trinajstić information content (AvgIpc) is 3.45. The van der Waals surface area contributed by atoms with Gasteiger partial charge in [0, 0.05) is 0 Å². The minimum atomic E-state index is -0.157. The highest BCUT2D eigenvalue weighted by Gasteiger charge is 2.56. The molecule has 6 aliphatic rings. The van der Waals surface area contributed by atoms with Crippen LogP contribution in [0.4, 0.5) is 0 Å². The molecule has 0 unspecified atom stereocenters. The molecular weight excluding hydrogens is 520 g/mol. The van der Waals surface area contributed by atoms with Crippen LogP contribution in [0.3, 0.4) is 0 Å². The van der Waals surface area contributed by atoms with Crippen LogP contribution in [-0.2, 0) is 25.7 Å². The van der Waals surface area contributed by atoms with Gasteiger partial charge in [-0.05, 0) is 194 Å². The average molecular weight is 571 g/mol. The number of aliphatic hydroxyl groups is 2. The Bertz CT molecular complexity index is 1290. The summed E-state index contributed by atoms with van der Waals surface area (Å²) in [7, 11) is 0. The maximum absolute atomic E-state index is 10.9. The fourth-order valence-electron chi connectivity index (χ4n) is 12.3. The lowest BCUT2D eigenvalue weighted by Crippen LogP contribution is -2.44. The number of hydrogen-bond donors (Lipinski definition) is 4. The SMILES string of the molecule is C[C@]12CC[C@@H]3c4c(CCc5cc(O)cc6c5[C@H]5CC[C@]7(C)[C@@H](O)CC[C@H]7[C@@H]5CC6)cc(O)cc4CC[C@H]3[C@@H]1CC[C@@H]2O. The Kier molecular flexibility index (Phi) is 6.37. The third-order valence-electron chi connectivity index (χ3n) is 14.3. The maximum atomic E-state index is 10.9. The van der Waals surface area contributed by atoms with E-state index in [0.717, 1.165) is 77.0 Å². The number of aromatic hydroxyl groups is 2. The molecule has 0 spiro atoms. The van der Waals surface area contributed by atoms with Gasteiger partial charge in [0.25, 0.3) is 0 Å². The fourth-order valence-corrected chi connectivity index (χ4v) is 12.3. The van der Waals surface area contributed by atoms with Crippen molar-refractivity contribution in [1.29, 1.82) is 0 Å². The summed E-state index contributed by atoms with van der Waals surface area (Å²) >= 11 is 0. The smallest absolute Gasteiger partial charge is 0.116 e. The van der Waals surface area contributed by atoms with Crippen LogP contribution >= 0.6 is 0 Å². The zero-order valence-electron chi connectivity index (χ0n) is 25.6. The van der Waals surface area contributed by atoms with E-state index in [-0.39, 0.29) is 23.0 Å². The number of phenolic OH excluding ortho intramolecular Hbond substituents is 2. The first kappa shape index (κ1) is 27.5. The number of fused-ring (bicyclic) bond motifs is 10. The Labute approximate surface area is 251 Å². The lowest BCUT2D eigenvalue weighted by Gasteiger charge is -2.50. The summed E-state index contributed by atoms with van der Waals surface area (Å²) in [5, 5.41) is 43.4. The molecule has 0 saturated heterocycles. The van der Waals surface area contributed by atoms with Gasteiger partial charge >= 0.3 is 0 Å².